The Kier molecular flexibility index (Phi) is 2.83. The molecule has 0 fully saturated rings. The van der Waals surface area contributed by atoms with E-state index in [1.807, 2.05) is 6.07 Å². The van der Waals surface area contributed by atoms with Crippen LogP contribution in [-0.2, 0) is 0 Å². The first-order valence-electron chi connectivity index (χ1n) is 4.60. The lowest BCUT2D eigenvalue weighted by atomic mass is 10.3. The van der Waals surface area contributed by atoms with Gasteiger partial charge in [-0.15, -0.1) is 0 Å². The number of benzene rings is 1. The van der Waals surface area contributed by atoms with E-state index in [-0.39, 0.29) is 5.69 Å². The molecular formula is C11H9ClN2O2. The van der Waals surface area contributed by atoms with E-state index in [0.717, 1.165) is 5.69 Å². The van der Waals surface area contributed by atoms with Crippen LogP contribution in [0.1, 0.15) is 10.5 Å². The van der Waals surface area contributed by atoms with Crippen molar-refractivity contribution < 1.29 is 9.90 Å². The van der Waals surface area contributed by atoms with Crippen molar-refractivity contribution in [3.63, 3.8) is 0 Å². The number of halogens is 1. The molecule has 0 atom stereocenters. The van der Waals surface area contributed by atoms with E-state index in [0.29, 0.717) is 10.7 Å². The van der Waals surface area contributed by atoms with E-state index in [1.165, 1.54) is 0 Å². The Labute approximate surface area is 96.9 Å². The number of nitrogens with one attached hydrogen (secondary N) is 2. The predicted octanol–water partition coefficient (Wildman–Crippen LogP) is 3.11. The van der Waals surface area contributed by atoms with Gasteiger partial charge in [0, 0.05) is 16.9 Å². The molecule has 0 spiro atoms. The van der Waals surface area contributed by atoms with Gasteiger partial charge in [-0.05, 0) is 24.3 Å². The molecule has 0 amide bonds. The molecule has 16 heavy (non-hydrogen) atoms. The largest absolute Gasteiger partial charge is 0.477 e. The Morgan fingerprint density at radius 3 is 2.88 bits per heavy atom. The number of carboxylic acid groups (broad SMARTS) is 1. The SMILES string of the molecule is O=C(O)c1[nH]ccc1Nc1cccc(Cl)c1. The topological polar surface area (TPSA) is 65.1 Å². The molecule has 5 heteroatoms. The van der Waals surface area contributed by atoms with E-state index in [1.54, 1.807) is 30.5 Å². The second-order valence-corrected chi connectivity index (χ2v) is 3.64. The smallest absolute Gasteiger partial charge is 0.354 e. The first kappa shape index (κ1) is 10.6. The average molecular weight is 237 g/mol. The van der Waals surface area contributed by atoms with Crippen LogP contribution in [0.2, 0.25) is 5.02 Å². The van der Waals surface area contributed by atoms with Gasteiger partial charge in [0.25, 0.3) is 0 Å². The molecule has 0 saturated carbocycles. The Morgan fingerprint density at radius 1 is 1.38 bits per heavy atom. The van der Waals surface area contributed by atoms with Crippen LogP contribution in [0.15, 0.2) is 36.5 Å². The van der Waals surface area contributed by atoms with Gasteiger partial charge in [0.2, 0.25) is 0 Å². The van der Waals surface area contributed by atoms with Crippen molar-refractivity contribution >= 4 is 28.9 Å². The minimum absolute atomic E-state index is 0.125. The van der Waals surface area contributed by atoms with Gasteiger partial charge in [0.05, 0.1) is 5.69 Å². The fourth-order valence-corrected chi connectivity index (χ4v) is 1.56. The van der Waals surface area contributed by atoms with Crippen LogP contribution < -0.4 is 5.32 Å². The van der Waals surface area contributed by atoms with E-state index in [4.69, 9.17) is 16.7 Å². The number of hydrogen-bond acceptors (Lipinski definition) is 2. The maximum atomic E-state index is 10.8. The lowest BCUT2D eigenvalue weighted by Gasteiger charge is -2.05. The van der Waals surface area contributed by atoms with Crippen molar-refractivity contribution in [1.29, 1.82) is 0 Å². The van der Waals surface area contributed by atoms with Gasteiger partial charge in [-0.25, -0.2) is 4.79 Å². The summed E-state index contributed by atoms with van der Waals surface area (Å²) >= 11 is 5.82. The Morgan fingerprint density at radius 2 is 2.19 bits per heavy atom. The van der Waals surface area contributed by atoms with Crippen LogP contribution in [0.25, 0.3) is 0 Å². The van der Waals surface area contributed by atoms with Gasteiger partial charge in [-0.2, -0.15) is 0 Å². The fourth-order valence-electron chi connectivity index (χ4n) is 1.37. The normalized spacial score (nSPS) is 10.1. The molecule has 2 rings (SSSR count). The molecule has 1 aromatic heterocycles. The molecule has 0 radical (unpaired) electrons. The lowest BCUT2D eigenvalue weighted by molar-refractivity contribution is 0.0692. The van der Waals surface area contributed by atoms with Crippen molar-refractivity contribution in [2.75, 3.05) is 5.32 Å². The summed E-state index contributed by atoms with van der Waals surface area (Å²) in [5.74, 6) is -1.01. The quantitative estimate of drug-likeness (QED) is 0.767. The molecule has 1 heterocycles. The second kappa shape index (κ2) is 4.28. The first-order valence-corrected chi connectivity index (χ1v) is 4.98. The molecule has 0 bridgehead atoms. The summed E-state index contributed by atoms with van der Waals surface area (Å²) in [4.78, 5) is 13.5. The average Bonchev–Trinajstić information content (AvgIpc) is 2.66. The van der Waals surface area contributed by atoms with E-state index in [9.17, 15) is 4.79 Å². The molecule has 0 aliphatic carbocycles. The fraction of sp³-hybridized carbons (Fsp3) is 0. The van der Waals surface area contributed by atoms with Gasteiger partial charge in [-0.3, -0.25) is 0 Å². The highest BCUT2D eigenvalue weighted by atomic mass is 35.5. The lowest BCUT2D eigenvalue weighted by Crippen LogP contribution is -2.01. The van der Waals surface area contributed by atoms with Gasteiger partial charge >= 0.3 is 5.97 Å². The zero-order chi connectivity index (χ0) is 11.5. The number of carboxylic acids is 1. The Balaban J connectivity index is 2.27. The van der Waals surface area contributed by atoms with Crippen molar-refractivity contribution in [3.05, 3.63) is 47.2 Å². The van der Waals surface area contributed by atoms with Crippen LogP contribution in [0, 0.1) is 0 Å². The van der Waals surface area contributed by atoms with Crippen molar-refractivity contribution in [1.82, 2.24) is 4.98 Å². The minimum Gasteiger partial charge on any atom is -0.477 e. The highest BCUT2D eigenvalue weighted by molar-refractivity contribution is 6.30. The summed E-state index contributed by atoms with van der Waals surface area (Å²) in [5.41, 5.74) is 1.38. The van der Waals surface area contributed by atoms with Crippen molar-refractivity contribution in [3.8, 4) is 0 Å². The van der Waals surface area contributed by atoms with Gasteiger partial charge < -0.3 is 15.4 Å². The Hall–Kier alpha value is -1.94. The number of hydrogen-bond donors (Lipinski definition) is 3. The molecule has 3 N–H and O–H groups in total. The third-order valence-corrected chi connectivity index (χ3v) is 2.30. The van der Waals surface area contributed by atoms with Crippen LogP contribution in [0.3, 0.4) is 0 Å². The third-order valence-electron chi connectivity index (χ3n) is 2.06. The standard InChI is InChI=1S/C11H9ClN2O2/c12-7-2-1-3-8(6-7)14-9-4-5-13-10(9)11(15)16/h1-6,13-14H,(H,15,16). The minimum atomic E-state index is -1.01. The number of aromatic amines is 1. The van der Waals surface area contributed by atoms with Gasteiger partial charge in [-0.1, -0.05) is 17.7 Å². The molecule has 82 valence electrons. The van der Waals surface area contributed by atoms with E-state index in [2.05, 4.69) is 10.3 Å². The maximum absolute atomic E-state index is 10.8. The number of aromatic carboxylic acids is 1. The van der Waals surface area contributed by atoms with Gasteiger partial charge in [0.1, 0.15) is 5.69 Å². The summed E-state index contributed by atoms with van der Waals surface area (Å²) in [6, 6.07) is 8.73. The molecule has 0 aliphatic rings. The second-order valence-electron chi connectivity index (χ2n) is 3.21. The third kappa shape index (κ3) is 2.17. The molecule has 1 aromatic carbocycles. The van der Waals surface area contributed by atoms with Crippen LogP contribution in [0.5, 0.6) is 0 Å². The molecule has 0 unspecified atom stereocenters. The summed E-state index contributed by atoms with van der Waals surface area (Å²) in [6.45, 7) is 0. The van der Waals surface area contributed by atoms with Crippen molar-refractivity contribution in [2.45, 2.75) is 0 Å². The molecule has 2 aromatic rings. The Bertz CT molecular complexity index is 522. The van der Waals surface area contributed by atoms with Crippen LogP contribution in [0.4, 0.5) is 11.4 Å². The predicted molar refractivity (Wildman–Crippen MR) is 62.5 cm³/mol. The summed E-state index contributed by atoms with van der Waals surface area (Å²) < 4.78 is 0. The number of aromatic nitrogens is 1. The van der Waals surface area contributed by atoms with E-state index >= 15 is 0 Å². The highest BCUT2D eigenvalue weighted by Crippen LogP contribution is 2.22. The molecular weight excluding hydrogens is 228 g/mol. The summed E-state index contributed by atoms with van der Waals surface area (Å²) in [6.07, 6.45) is 1.57. The first-order chi connectivity index (χ1) is 7.66. The van der Waals surface area contributed by atoms with Gasteiger partial charge in [0.15, 0.2) is 0 Å². The number of H-pyrrole nitrogens is 1. The zero-order valence-corrected chi connectivity index (χ0v) is 8.95. The van der Waals surface area contributed by atoms with Crippen LogP contribution in [-0.4, -0.2) is 16.1 Å². The monoisotopic (exact) mass is 236 g/mol. The van der Waals surface area contributed by atoms with Crippen molar-refractivity contribution in [2.24, 2.45) is 0 Å². The maximum Gasteiger partial charge on any atom is 0.354 e. The number of anilines is 2. The number of rotatable bonds is 3. The zero-order valence-electron chi connectivity index (χ0n) is 8.20. The molecule has 0 saturated heterocycles. The highest BCUT2D eigenvalue weighted by Gasteiger charge is 2.10. The van der Waals surface area contributed by atoms with Crippen LogP contribution >= 0.6 is 11.6 Å². The van der Waals surface area contributed by atoms with E-state index < -0.39 is 5.97 Å². The molecule has 0 aliphatic heterocycles. The number of carbonyl (C=O) groups is 1. The summed E-state index contributed by atoms with van der Waals surface area (Å²) in [5, 5.41) is 12.5. The molecule has 4 nitrogen and oxygen atoms in total. The summed E-state index contributed by atoms with van der Waals surface area (Å²) in [7, 11) is 0.